The molecule has 128 valence electrons. The van der Waals surface area contributed by atoms with Gasteiger partial charge in [-0.1, -0.05) is 31.1 Å². The van der Waals surface area contributed by atoms with Crippen LogP contribution in [0.25, 0.3) is 0 Å². The van der Waals surface area contributed by atoms with Crippen molar-refractivity contribution in [3.63, 3.8) is 0 Å². The summed E-state index contributed by atoms with van der Waals surface area (Å²) in [6.45, 7) is 5.25. The second-order valence-electron chi connectivity index (χ2n) is 6.51. The van der Waals surface area contributed by atoms with Gasteiger partial charge < -0.3 is 14.2 Å². The van der Waals surface area contributed by atoms with Crippen LogP contribution in [0.1, 0.15) is 55.8 Å². The van der Waals surface area contributed by atoms with Gasteiger partial charge in [0.25, 0.3) is 0 Å². The summed E-state index contributed by atoms with van der Waals surface area (Å²) in [6, 6.07) is 7.80. The van der Waals surface area contributed by atoms with E-state index in [1.807, 2.05) is 43.0 Å². The number of amides is 1. The van der Waals surface area contributed by atoms with Gasteiger partial charge in [-0.15, -0.1) is 0 Å². The van der Waals surface area contributed by atoms with Gasteiger partial charge in [0.2, 0.25) is 11.8 Å². The summed E-state index contributed by atoms with van der Waals surface area (Å²) >= 11 is 0. The Balaban J connectivity index is 1.71. The predicted octanol–water partition coefficient (Wildman–Crippen LogP) is 3.11. The van der Waals surface area contributed by atoms with E-state index in [1.54, 1.807) is 7.11 Å². The molecular formula is C18H23N3O3. The van der Waals surface area contributed by atoms with E-state index in [4.69, 9.17) is 9.26 Å². The first-order chi connectivity index (χ1) is 11.6. The number of hydrogen-bond acceptors (Lipinski definition) is 5. The van der Waals surface area contributed by atoms with Gasteiger partial charge in [0.15, 0.2) is 5.82 Å². The standard InChI is InChI=1S/C18H23N3O3/c1-12(2)17-19-18(24-20-17)14-7-8-16(22)21(11-14)10-13-5-4-6-15(9-13)23-3/h4-6,9,12,14H,7-8,10-11H2,1-3H3. The molecule has 6 heteroatoms. The molecule has 0 N–H and O–H groups in total. The summed E-state index contributed by atoms with van der Waals surface area (Å²) < 4.78 is 10.7. The lowest BCUT2D eigenvalue weighted by Crippen LogP contribution is -2.38. The van der Waals surface area contributed by atoms with Gasteiger partial charge >= 0.3 is 0 Å². The van der Waals surface area contributed by atoms with Crippen LogP contribution in [0.4, 0.5) is 0 Å². The monoisotopic (exact) mass is 329 g/mol. The van der Waals surface area contributed by atoms with Gasteiger partial charge in [0.1, 0.15) is 5.75 Å². The molecule has 0 bridgehead atoms. The van der Waals surface area contributed by atoms with E-state index in [0.717, 1.165) is 23.6 Å². The van der Waals surface area contributed by atoms with Crippen molar-refractivity contribution in [1.29, 1.82) is 0 Å². The molecule has 1 atom stereocenters. The van der Waals surface area contributed by atoms with Gasteiger partial charge in [-0.3, -0.25) is 4.79 Å². The Morgan fingerprint density at radius 1 is 1.42 bits per heavy atom. The van der Waals surface area contributed by atoms with Crippen LogP contribution < -0.4 is 4.74 Å². The van der Waals surface area contributed by atoms with Crippen LogP contribution in [-0.2, 0) is 11.3 Å². The number of aromatic nitrogens is 2. The molecule has 2 heterocycles. The summed E-state index contributed by atoms with van der Waals surface area (Å²) in [4.78, 5) is 18.6. The van der Waals surface area contributed by atoms with E-state index >= 15 is 0 Å². The molecule has 1 aromatic carbocycles. The maximum Gasteiger partial charge on any atom is 0.231 e. The number of rotatable bonds is 5. The molecule has 1 saturated heterocycles. The molecule has 0 spiro atoms. The molecule has 0 aliphatic carbocycles. The van der Waals surface area contributed by atoms with E-state index in [0.29, 0.717) is 25.4 Å². The Morgan fingerprint density at radius 2 is 2.25 bits per heavy atom. The molecule has 1 amide bonds. The number of benzene rings is 1. The molecule has 2 aromatic rings. The van der Waals surface area contributed by atoms with Crippen molar-refractivity contribution in [2.45, 2.75) is 45.1 Å². The minimum Gasteiger partial charge on any atom is -0.497 e. The van der Waals surface area contributed by atoms with E-state index in [-0.39, 0.29) is 17.7 Å². The number of nitrogens with zero attached hydrogens (tertiary/aromatic N) is 3. The Morgan fingerprint density at radius 3 is 2.96 bits per heavy atom. The summed E-state index contributed by atoms with van der Waals surface area (Å²) in [5.41, 5.74) is 1.05. The maximum atomic E-state index is 12.3. The molecule has 1 fully saturated rings. The van der Waals surface area contributed by atoms with Crippen molar-refractivity contribution in [3.05, 3.63) is 41.5 Å². The predicted molar refractivity (Wildman–Crippen MR) is 88.8 cm³/mol. The zero-order chi connectivity index (χ0) is 17.1. The molecule has 3 rings (SSSR count). The van der Waals surface area contributed by atoms with Crippen LogP contribution in [-0.4, -0.2) is 34.6 Å². The zero-order valence-electron chi connectivity index (χ0n) is 14.4. The summed E-state index contributed by atoms with van der Waals surface area (Å²) in [5.74, 6) is 2.67. The molecule has 6 nitrogen and oxygen atoms in total. The van der Waals surface area contributed by atoms with Crippen LogP contribution in [0.2, 0.25) is 0 Å². The first-order valence-electron chi connectivity index (χ1n) is 8.31. The van der Waals surface area contributed by atoms with Crippen molar-refractivity contribution in [2.75, 3.05) is 13.7 Å². The molecule has 0 saturated carbocycles. The average Bonchev–Trinajstić information content (AvgIpc) is 3.07. The number of ether oxygens (including phenoxy) is 1. The van der Waals surface area contributed by atoms with Crippen LogP contribution >= 0.6 is 0 Å². The lowest BCUT2D eigenvalue weighted by molar-refractivity contribution is -0.134. The number of carbonyl (C=O) groups is 1. The first kappa shape index (κ1) is 16.5. The van der Waals surface area contributed by atoms with E-state index < -0.39 is 0 Å². The van der Waals surface area contributed by atoms with Crippen LogP contribution in [0.15, 0.2) is 28.8 Å². The maximum absolute atomic E-state index is 12.3. The lowest BCUT2D eigenvalue weighted by atomic mass is 9.97. The molecule has 1 aliphatic heterocycles. The summed E-state index contributed by atoms with van der Waals surface area (Å²) in [6.07, 6.45) is 1.27. The third-order valence-electron chi connectivity index (χ3n) is 4.33. The number of likely N-dealkylation sites (tertiary alicyclic amines) is 1. The van der Waals surface area contributed by atoms with Gasteiger partial charge in [-0.2, -0.15) is 4.98 Å². The molecule has 1 aromatic heterocycles. The van der Waals surface area contributed by atoms with E-state index in [9.17, 15) is 4.79 Å². The topological polar surface area (TPSA) is 68.5 Å². The average molecular weight is 329 g/mol. The second kappa shape index (κ2) is 7.03. The zero-order valence-corrected chi connectivity index (χ0v) is 14.4. The molecule has 1 unspecified atom stereocenters. The fraction of sp³-hybridized carbons (Fsp3) is 0.500. The molecule has 24 heavy (non-hydrogen) atoms. The minimum atomic E-state index is 0.105. The molecule has 0 radical (unpaired) electrons. The van der Waals surface area contributed by atoms with Crippen LogP contribution in [0.5, 0.6) is 5.75 Å². The van der Waals surface area contributed by atoms with Gasteiger partial charge in [0, 0.05) is 25.4 Å². The highest BCUT2D eigenvalue weighted by Crippen LogP contribution is 2.28. The van der Waals surface area contributed by atoms with Crippen LogP contribution in [0.3, 0.4) is 0 Å². The number of carbonyl (C=O) groups excluding carboxylic acids is 1. The SMILES string of the molecule is COc1cccc(CN2CC(c3nc(C(C)C)no3)CCC2=O)c1. The Hall–Kier alpha value is -2.37. The number of hydrogen-bond donors (Lipinski definition) is 0. The van der Waals surface area contributed by atoms with E-state index in [2.05, 4.69) is 10.1 Å². The second-order valence-corrected chi connectivity index (χ2v) is 6.51. The van der Waals surface area contributed by atoms with Gasteiger partial charge in [-0.25, -0.2) is 0 Å². The smallest absolute Gasteiger partial charge is 0.231 e. The van der Waals surface area contributed by atoms with Crippen LogP contribution in [0, 0.1) is 0 Å². The van der Waals surface area contributed by atoms with Crippen molar-refractivity contribution in [2.24, 2.45) is 0 Å². The quantitative estimate of drug-likeness (QED) is 0.843. The number of methoxy groups -OCH3 is 1. The fourth-order valence-corrected chi connectivity index (χ4v) is 2.91. The first-order valence-corrected chi connectivity index (χ1v) is 8.31. The Kier molecular flexibility index (Phi) is 4.83. The third kappa shape index (κ3) is 3.58. The Bertz CT molecular complexity index is 711. The van der Waals surface area contributed by atoms with Crippen molar-refractivity contribution >= 4 is 5.91 Å². The molecule has 1 aliphatic rings. The highest BCUT2D eigenvalue weighted by molar-refractivity contribution is 5.77. The minimum absolute atomic E-state index is 0.105. The fourth-order valence-electron chi connectivity index (χ4n) is 2.91. The van der Waals surface area contributed by atoms with Crippen molar-refractivity contribution in [3.8, 4) is 5.75 Å². The van der Waals surface area contributed by atoms with Gasteiger partial charge in [0.05, 0.1) is 13.0 Å². The number of piperidine rings is 1. The van der Waals surface area contributed by atoms with E-state index in [1.165, 1.54) is 0 Å². The van der Waals surface area contributed by atoms with Crippen molar-refractivity contribution in [1.82, 2.24) is 15.0 Å². The Labute approximate surface area is 141 Å². The third-order valence-corrected chi connectivity index (χ3v) is 4.33. The lowest BCUT2D eigenvalue weighted by Gasteiger charge is -2.31. The normalized spacial score (nSPS) is 18.2. The largest absolute Gasteiger partial charge is 0.497 e. The van der Waals surface area contributed by atoms with Crippen molar-refractivity contribution < 1.29 is 14.1 Å². The van der Waals surface area contributed by atoms with Gasteiger partial charge in [-0.05, 0) is 24.1 Å². The highest BCUT2D eigenvalue weighted by atomic mass is 16.5. The summed E-state index contributed by atoms with van der Waals surface area (Å²) in [7, 11) is 1.64. The molecular weight excluding hydrogens is 306 g/mol. The summed E-state index contributed by atoms with van der Waals surface area (Å²) in [5, 5.41) is 4.04. The highest BCUT2D eigenvalue weighted by Gasteiger charge is 2.30.